The number of H-pyrrole nitrogens is 1. The summed E-state index contributed by atoms with van der Waals surface area (Å²) in [6.45, 7) is 8.80. The Bertz CT molecular complexity index is 1490. The molecule has 0 aliphatic carbocycles. The maximum Gasteiger partial charge on any atom is 0.246 e. The Labute approximate surface area is 238 Å². The minimum absolute atomic E-state index is 0.0671. The number of rotatable bonds is 6. The summed E-state index contributed by atoms with van der Waals surface area (Å²) in [5.74, 6) is 0.318. The number of pyridine rings is 1. The van der Waals surface area contributed by atoms with Crippen LogP contribution in [0, 0.1) is 11.3 Å². The number of benzene rings is 1. The fourth-order valence-corrected chi connectivity index (χ4v) is 6.51. The number of nitrogens with zero attached hydrogens (tertiary/aromatic N) is 7. The van der Waals surface area contributed by atoms with Gasteiger partial charge in [-0.05, 0) is 51.1 Å². The molecule has 0 spiro atoms. The first kappa shape index (κ1) is 26.4. The van der Waals surface area contributed by atoms with Crippen LogP contribution in [0.1, 0.15) is 29.7 Å². The van der Waals surface area contributed by atoms with E-state index in [0.717, 1.165) is 59.5 Å². The van der Waals surface area contributed by atoms with Gasteiger partial charge in [0.2, 0.25) is 11.8 Å². The van der Waals surface area contributed by atoms with Crippen LogP contribution in [0.5, 0.6) is 5.88 Å². The topological polar surface area (TPSA) is 105 Å². The molecule has 3 aromatic rings. The largest absolute Gasteiger partial charge is 0.475 e. The molecule has 2 saturated heterocycles. The smallest absolute Gasteiger partial charge is 0.246 e. The van der Waals surface area contributed by atoms with Gasteiger partial charge >= 0.3 is 0 Å². The number of nitriles is 1. The highest BCUT2D eigenvalue weighted by Crippen LogP contribution is 2.41. The van der Waals surface area contributed by atoms with Crippen LogP contribution >= 0.6 is 11.6 Å². The monoisotopic (exact) mass is 560 g/mol. The van der Waals surface area contributed by atoms with Crippen molar-refractivity contribution >= 4 is 39.8 Å². The molecule has 2 aromatic heterocycles. The standard InChI is InChI=1S/C29H33ClN8O2/c1-3-26(39)36-11-13-37(14-12-36)27-20-8-10-38(28-22-16-32-34-24(22)7-6-23(28)30)17-25(20)33-29(21(27)15-31)40-18-19-5-4-9-35(19)2/h3,6-7,16,19H,1,4-5,8-14,17-18H2,2H3,(H,32,34)/t19-/m0/s1. The van der Waals surface area contributed by atoms with Crippen LogP contribution < -0.4 is 14.5 Å². The highest BCUT2D eigenvalue weighted by Gasteiger charge is 2.32. The molecule has 6 rings (SSSR count). The number of hydrogen-bond acceptors (Lipinski definition) is 8. The predicted octanol–water partition coefficient (Wildman–Crippen LogP) is 3.35. The third-order valence-corrected chi connectivity index (χ3v) is 8.74. The summed E-state index contributed by atoms with van der Waals surface area (Å²) < 4.78 is 6.34. The minimum atomic E-state index is -0.0671. The van der Waals surface area contributed by atoms with Crippen LogP contribution in [0.2, 0.25) is 5.02 Å². The number of carbonyl (C=O) groups excluding carboxylic acids is 1. The van der Waals surface area contributed by atoms with Crippen molar-refractivity contribution < 1.29 is 9.53 Å². The highest BCUT2D eigenvalue weighted by atomic mass is 35.5. The minimum Gasteiger partial charge on any atom is -0.475 e. The Balaban J connectivity index is 1.37. The zero-order valence-corrected chi connectivity index (χ0v) is 23.5. The first-order chi connectivity index (χ1) is 19.5. The number of piperazine rings is 1. The van der Waals surface area contributed by atoms with Crippen LogP contribution in [0.25, 0.3) is 10.9 Å². The summed E-state index contributed by atoms with van der Waals surface area (Å²) in [7, 11) is 2.11. The Morgan fingerprint density at radius 2 is 2.05 bits per heavy atom. The molecule has 0 radical (unpaired) electrons. The first-order valence-corrected chi connectivity index (χ1v) is 14.2. The Hall–Kier alpha value is -3.81. The number of ether oxygens (including phenoxy) is 1. The van der Waals surface area contributed by atoms with Crippen LogP contribution in [0.3, 0.4) is 0 Å². The lowest BCUT2D eigenvalue weighted by atomic mass is 9.97. The second-order valence-corrected chi connectivity index (χ2v) is 11.1. The summed E-state index contributed by atoms with van der Waals surface area (Å²) >= 11 is 6.72. The van der Waals surface area contributed by atoms with Gasteiger partial charge in [-0.15, -0.1) is 0 Å². The lowest BCUT2D eigenvalue weighted by molar-refractivity contribution is -0.126. The number of amides is 1. The molecule has 0 saturated carbocycles. The maximum absolute atomic E-state index is 12.2. The maximum atomic E-state index is 12.2. The van der Waals surface area contributed by atoms with Gasteiger partial charge in [0.15, 0.2) is 0 Å². The number of carbonyl (C=O) groups is 1. The fourth-order valence-electron chi connectivity index (χ4n) is 6.22. The van der Waals surface area contributed by atoms with Crippen molar-refractivity contribution in [3.63, 3.8) is 0 Å². The van der Waals surface area contributed by atoms with Crippen molar-refractivity contribution in [2.75, 3.05) is 62.7 Å². The van der Waals surface area contributed by atoms with E-state index in [2.05, 4.69) is 44.6 Å². The number of hydrogen-bond donors (Lipinski definition) is 1. The lowest BCUT2D eigenvalue weighted by Crippen LogP contribution is -2.49. The van der Waals surface area contributed by atoms with E-state index in [1.54, 1.807) is 11.1 Å². The number of likely N-dealkylation sites (tertiary alicyclic amines) is 1. The number of anilines is 2. The lowest BCUT2D eigenvalue weighted by Gasteiger charge is -2.39. The van der Waals surface area contributed by atoms with Crippen LogP contribution in [-0.4, -0.2) is 89.9 Å². The number of fused-ring (bicyclic) bond motifs is 2. The molecule has 1 amide bonds. The van der Waals surface area contributed by atoms with E-state index in [9.17, 15) is 10.1 Å². The Morgan fingerprint density at radius 1 is 1.23 bits per heavy atom. The fraction of sp³-hybridized carbons (Fsp3) is 0.448. The molecule has 0 unspecified atom stereocenters. The summed E-state index contributed by atoms with van der Waals surface area (Å²) in [6.07, 6.45) is 6.07. The summed E-state index contributed by atoms with van der Waals surface area (Å²) in [6, 6.07) is 6.56. The number of halogens is 1. The second-order valence-electron chi connectivity index (χ2n) is 10.7. The van der Waals surface area contributed by atoms with Gasteiger partial charge in [0.1, 0.15) is 18.2 Å². The molecule has 40 heavy (non-hydrogen) atoms. The average molecular weight is 561 g/mol. The number of aromatic amines is 1. The molecular formula is C29H33ClN8O2. The van der Waals surface area contributed by atoms with Gasteiger partial charge < -0.3 is 24.3 Å². The van der Waals surface area contributed by atoms with Crippen molar-refractivity contribution in [1.29, 1.82) is 5.26 Å². The average Bonchev–Trinajstić information content (AvgIpc) is 3.63. The predicted molar refractivity (Wildman–Crippen MR) is 155 cm³/mol. The van der Waals surface area contributed by atoms with E-state index in [0.29, 0.717) is 68.3 Å². The van der Waals surface area contributed by atoms with Gasteiger partial charge in [0, 0.05) is 49.7 Å². The van der Waals surface area contributed by atoms with Gasteiger partial charge in [-0.1, -0.05) is 18.2 Å². The first-order valence-electron chi connectivity index (χ1n) is 13.8. The Kier molecular flexibility index (Phi) is 7.26. The van der Waals surface area contributed by atoms with Crippen LogP contribution in [0.15, 0.2) is 31.0 Å². The van der Waals surface area contributed by atoms with E-state index in [1.807, 2.05) is 12.1 Å². The molecule has 10 nitrogen and oxygen atoms in total. The molecule has 1 atom stereocenters. The summed E-state index contributed by atoms with van der Waals surface area (Å²) in [5, 5.41) is 19.3. The molecule has 1 aromatic carbocycles. The van der Waals surface area contributed by atoms with Gasteiger partial charge in [-0.25, -0.2) is 4.98 Å². The summed E-state index contributed by atoms with van der Waals surface area (Å²) in [5.41, 5.74) is 5.17. The van der Waals surface area contributed by atoms with Crippen molar-refractivity contribution in [3.8, 4) is 11.9 Å². The van der Waals surface area contributed by atoms with E-state index in [-0.39, 0.29) is 5.91 Å². The summed E-state index contributed by atoms with van der Waals surface area (Å²) in [4.78, 5) is 25.7. The normalized spacial score (nSPS) is 19.5. The molecule has 2 fully saturated rings. The Morgan fingerprint density at radius 3 is 2.77 bits per heavy atom. The van der Waals surface area contributed by atoms with Gasteiger partial charge in [-0.2, -0.15) is 10.4 Å². The van der Waals surface area contributed by atoms with Crippen molar-refractivity contribution in [2.24, 2.45) is 0 Å². The molecule has 3 aliphatic rings. The van der Waals surface area contributed by atoms with Crippen molar-refractivity contribution in [2.45, 2.75) is 31.8 Å². The molecular weight excluding hydrogens is 528 g/mol. The van der Waals surface area contributed by atoms with Crippen molar-refractivity contribution in [1.82, 2.24) is 25.0 Å². The van der Waals surface area contributed by atoms with Gasteiger partial charge in [0.25, 0.3) is 0 Å². The van der Waals surface area contributed by atoms with E-state index < -0.39 is 0 Å². The number of likely N-dealkylation sites (N-methyl/N-ethyl adjacent to an activating group) is 1. The molecule has 208 valence electrons. The van der Waals surface area contributed by atoms with E-state index in [1.165, 1.54) is 6.08 Å². The van der Waals surface area contributed by atoms with E-state index in [4.69, 9.17) is 21.3 Å². The van der Waals surface area contributed by atoms with Gasteiger partial charge in [-0.3, -0.25) is 9.89 Å². The third kappa shape index (κ3) is 4.73. The molecule has 5 heterocycles. The van der Waals surface area contributed by atoms with Crippen LogP contribution in [0.4, 0.5) is 11.4 Å². The van der Waals surface area contributed by atoms with Crippen LogP contribution in [-0.2, 0) is 17.8 Å². The zero-order valence-electron chi connectivity index (χ0n) is 22.7. The van der Waals surface area contributed by atoms with Crippen molar-refractivity contribution in [3.05, 3.63) is 52.8 Å². The quantitative estimate of drug-likeness (QED) is 0.458. The molecule has 3 aliphatic heterocycles. The highest BCUT2D eigenvalue weighted by molar-refractivity contribution is 6.35. The molecule has 0 bridgehead atoms. The van der Waals surface area contributed by atoms with E-state index >= 15 is 0 Å². The zero-order chi connectivity index (χ0) is 27.8. The number of aromatic nitrogens is 3. The SMILES string of the molecule is C=CC(=O)N1CCN(c2c(C#N)c(OC[C@@H]3CCCN3C)nc3c2CCN(c2c(Cl)ccc4[nH]ncc24)C3)CC1. The molecule has 11 heteroatoms. The third-order valence-electron chi connectivity index (χ3n) is 8.43. The van der Waals surface area contributed by atoms with Gasteiger partial charge in [0.05, 0.1) is 40.3 Å². The number of nitrogens with one attached hydrogen (secondary N) is 1. The molecule has 1 N–H and O–H groups in total. The second kappa shape index (κ2) is 11.0.